The number of Topliss-reactive ketones (excluding diaryl/α,β-unsaturated/α-hetero) is 1. The lowest BCUT2D eigenvalue weighted by Gasteiger charge is -2.33. The van der Waals surface area contributed by atoms with Crippen molar-refractivity contribution in [2.75, 3.05) is 11.5 Å². The first kappa shape index (κ1) is 26.1. The summed E-state index contributed by atoms with van der Waals surface area (Å²) in [4.78, 5) is 45.5. The van der Waals surface area contributed by atoms with Crippen LogP contribution in [-0.4, -0.2) is 35.2 Å². The Balaban J connectivity index is 1.80. The molecular formula is C30H33N3O4. The predicted molar refractivity (Wildman–Crippen MR) is 143 cm³/mol. The van der Waals surface area contributed by atoms with E-state index < -0.39 is 11.9 Å². The minimum absolute atomic E-state index is 0.0679. The number of anilines is 1. The van der Waals surface area contributed by atoms with Crippen molar-refractivity contribution in [3.8, 4) is 5.75 Å². The summed E-state index contributed by atoms with van der Waals surface area (Å²) in [5.41, 5.74) is 1.90. The van der Waals surface area contributed by atoms with E-state index in [1.54, 1.807) is 48.7 Å². The van der Waals surface area contributed by atoms with Crippen molar-refractivity contribution in [2.24, 2.45) is 0 Å². The molecule has 1 atom stereocenters. The number of hydrogen-bond donors (Lipinski definition) is 1. The molecule has 1 aliphatic rings. The van der Waals surface area contributed by atoms with Crippen molar-refractivity contribution in [3.05, 3.63) is 89.7 Å². The molecule has 0 spiro atoms. The Hall–Kier alpha value is -4.00. The molecule has 37 heavy (non-hydrogen) atoms. The molecule has 0 bridgehead atoms. The van der Waals surface area contributed by atoms with Crippen molar-refractivity contribution in [1.82, 2.24) is 10.3 Å². The van der Waals surface area contributed by atoms with Crippen LogP contribution in [0, 0.1) is 0 Å². The number of aromatic nitrogens is 1. The number of amides is 2. The van der Waals surface area contributed by atoms with Gasteiger partial charge in [-0.25, -0.2) is 0 Å². The van der Waals surface area contributed by atoms with Crippen LogP contribution in [0.15, 0.2) is 72.9 Å². The van der Waals surface area contributed by atoms with Crippen LogP contribution in [0.5, 0.6) is 5.75 Å². The molecule has 1 aliphatic carbocycles. The first-order chi connectivity index (χ1) is 18.0. The quantitative estimate of drug-likeness (QED) is 0.392. The average Bonchev–Trinajstić information content (AvgIpc) is 2.93. The molecule has 1 saturated carbocycles. The van der Waals surface area contributed by atoms with E-state index in [1.807, 2.05) is 31.2 Å². The molecular weight excluding hydrogens is 466 g/mol. The summed E-state index contributed by atoms with van der Waals surface area (Å²) in [6, 6.07) is 18.2. The molecule has 1 N–H and O–H groups in total. The molecule has 1 heterocycles. The van der Waals surface area contributed by atoms with Crippen LogP contribution in [0.4, 0.5) is 5.69 Å². The Morgan fingerprint density at radius 2 is 1.68 bits per heavy atom. The second kappa shape index (κ2) is 12.3. The number of carbonyl (C=O) groups is 3. The molecule has 1 fully saturated rings. The van der Waals surface area contributed by atoms with Gasteiger partial charge in [0.05, 0.1) is 6.61 Å². The maximum atomic E-state index is 13.9. The highest BCUT2D eigenvalue weighted by Crippen LogP contribution is 2.32. The molecule has 3 aromatic rings. The molecule has 4 rings (SSSR count). The van der Waals surface area contributed by atoms with Gasteiger partial charge in [-0.15, -0.1) is 0 Å². The van der Waals surface area contributed by atoms with Gasteiger partial charge in [0.2, 0.25) is 5.91 Å². The Labute approximate surface area is 217 Å². The van der Waals surface area contributed by atoms with Crippen LogP contribution in [0.2, 0.25) is 0 Å². The topological polar surface area (TPSA) is 88.6 Å². The van der Waals surface area contributed by atoms with E-state index in [1.165, 1.54) is 18.2 Å². The number of rotatable bonds is 9. The van der Waals surface area contributed by atoms with Crippen LogP contribution in [0.3, 0.4) is 0 Å². The highest BCUT2D eigenvalue weighted by molar-refractivity contribution is 6.09. The summed E-state index contributed by atoms with van der Waals surface area (Å²) in [7, 11) is 0. The molecule has 1 aromatic heterocycles. The lowest BCUT2D eigenvalue weighted by atomic mass is 9.94. The van der Waals surface area contributed by atoms with Crippen molar-refractivity contribution < 1.29 is 19.1 Å². The van der Waals surface area contributed by atoms with Crippen molar-refractivity contribution in [1.29, 1.82) is 0 Å². The Kier molecular flexibility index (Phi) is 8.67. The van der Waals surface area contributed by atoms with Gasteiger partial charge in [0.25, 0.3) is 5.91 Å². The van der Waals surface area contributed by atoms with Gasteiger partial charge in [-0.3, -0.25) is 24.3 Å². The second-order valence-electron chi connectivity index (χ2n) is 9.24. The molecule has 7 heteroatoms. The number of hydrogen-bond acceptors (Lipinski definition) is 5. The van der Waals surface area contributed by atoms with Gasteiger partial charge < -0.3 is 10.1 Å². The monoisotopic (exact) mass is 499 g/mol. The minimum Gasteiger partial charge on any atom is -0.494 e. The van der Waals surface area contributed by atoms with E-state index in [-0.39, 0.29) is 23.4 Å². The first-order valence-corrected chi connectivity index (χ1v) is 12.9. The maximum absolute atomic E-state index is 13.9. The summed E-state index contributed by atoms with van der Waals surface area (Å²) in [6.45, 7) is 3.93. The largest absolute Gasteiger partial charge is 0.494 e. The van der Waals surface area contributed by atoms with Crippen LogP contribution < -0.4 is 15.0 Å². The minimum atomic E-state index is -0.949. The number of nitrogens with zero attached hydrogens (tertiary/aromatic N) is 2. The zero-order valence-electron chi connectivity index (χ0n) is 21.4. The second-order valence-corrected chi connectivity index (χ2v) is 9.24. The number of carbonyl (C=O) groups excluding carboxylic acids is 3. The number of nitrogens with one attached hydrogen (secondary N) is 1. The van der Waals surface area contributed by atoms with Crippen LogP contribution in [-0.2, 0) is 4.79 Å². The van der Waals surface area contributed by atoms with Gasteiger partial charge in [-0.05, 0) is 80.8 Å². The summed E-state index contributed by atoms with van der Waals surface area (Å²) >= 11 is 0. The summed E-state index contributed by atoms with van der Waals surface area (Å²) in [5.74, 6) is -0.0526. The van der Waals surface area contributed by atoms with E-state index >= 15 is 0 Å². The van der Waals surface area contributed by atoms with Gasteiger partial charge in [0, 0.05) is 23.5 Å². The number of ketones is 1. The van der Waals surface area contributed by atoms with Crippen LogP contribution in [0.25, 0.3) is 0 Å². The van der Waals surface area contributed by atoms with Crippen molar-refractivity contribution in [3.63, 3.8) is 0 Å². The Bertz CT molecular complexity index is 1200. The normalized spacial score (nSPS) is 14.4. The highest BCUT2D eigenvalue weighted by Gasteiger charge is 2.35. The zero-order valence-corrected chi connectivity index (χ0v) is 21.4. The van der Waals surface area contributed by atoms with Crippen molar-refractivity contribution in [2.45, 2.75) is 58.0 Å². The van der Waals surface area contributed by atoms with Gasteiger partial charge >= 0.3 is 0 Å². The molecule has 0 saturated heterocycles. The van der Waals surface area contributed by atoms with E-state index in [9.17, 15) is 14.4 Å². The van der Waals surface area contributed by atoms with E-state index in [4.69, 9.17) is 4.74 Å². The van der Waals surface area contributed by atoms with Gasteiger partial charge in [0.15, 0.2) is 5.78 Å². The number of ether oxygens (including phenoxy) is 1. The standard InChI is InChI=1S/C30H33N3O4/c1-3-37-26-18-14-23(15-19-26)28(29(35)32-24-9-5-4-6-10-24)33(30(36)27-11-7-8-20-31-27)25-16-12-22(13-17-25)21(2)34/h7-8,11-20,24,28H,3-6,9-10H2,1-2H3,(H,32,35)/t28-/m1/s1. The van der Waals surface area contributed by atoms with E-state index in [2.05, 4.69) is 10.3 Å². The van der Waals surface area contributed by atoms with Crippen LogP contribution >= 0.6 is 0 Å². The fourth-order valence-electron chi connectivity index (χ4n) is 4.71. The third-order valence-corrected chi connectivity index (χ3v) is 6.62. The van der Waals surface area contributed by atoms with Gasteiger partial charge in [-0.2, -0.15) is 0 Å². The van der Waals surface area contributed by atoms with E-state index in [0.29, 0.717) is 29.2 Å². The lowest BCUT2D eigenvalue weighted by molar-refractivity contribution is -0.123. The van der Waals surface area contributed by atoms with E-state index in [0.717, 1.165) is 25.7 Å². The summed E-state index contributed by atoms with van der Waals surface area (Å²) in [6.07, 6.45) is 6.70. The summed E-state index contributed by atoms with van der Waals surface area (Å²) < 4.78 is 5.60. The Morgan fingerprint density at radius 3 is 2.27 bits per heavy atom. The molecule has 2 amide bonds. The predicted octanol–water partition coefficient (Wildman–Crippen LogP) is 5.52. The van der Waals surface area contributed by atoms with Crippen molar-refractivity contribution >= 4 is 23.3 Å². The van der Waals surface area contributed by atoms with Gasteiger partial charge in [-0.1, -0.05) is 37.5 Å². The number of pyridine rings is 1. The number of benzene rings is 2. The fourth-order valence-corrected chi connectivity index (χ4v) is 4.71. The molecule has 0 unspecified atom stereocenters. The molecule has 0 radical (unpaired) electrons. The van der Waals surface area contributed by atoms with Gasteiger partial charge in [0.1, 0.15) is 17.5 Å². The molecule has 0 aliphatic heterocycles. The third-order valence-electron chi connectivity index (χ3n) is 6.62. The first-order valence-electron chi connectivity index (χ1n) is 12.9. The fraction of sp³-hybridized carbons (Fsp3) is 0.333. The summed E-state index contributed by atoms with van der Waals surface area (Å²) in [5, 5.41) is 3.20. The zero-order chi connectivity index (χ0) is 26.2. The molecule has 2 aromatic carbocycles. The smallest absolute Gasteiger partial charge is 0.277 e. The molecule has 192 valence electrons. The Morgan fingerprint density at radius 1 is 0.973 bits per heavy atom. The third kappa shape index (κ3) is 6.42. The lowest BCUT2D eigenvalue weighted by Crippen LogP contribution is -2.47. The maximum Gasteiger partial charge on any atom is 0.277 e. The SMILES string of the molecule is CCOc1ccc([C@H](C(=O)NC2CCCCC2)N(C(=O)c2ccccn2)c2ccc(C(C)=O)cc2)cc1. The highest BCUT2D eigenvalue weighted by atomic mass is 16.5. The molecule has 7 nitrogen and oxygen atoms in total. The van der Waals surface area contributed by atoms with Crippen LogP contribution in [0.1, 0.15) is 78.4 Å². The average molecular weight is 500 g/mol.